The van der Waals surface area contributed by atoms with Crippen molar-refractivity contribution in [2.75, 3.05) is 13.8 Å². The Balaban J connectivity index is 1.53. The van der Waals surface area contributed by atoms with Gasteiger partial charge in [0.25, 0.3) is 5.91 Å². The highest BCUT2D eigenvalue weighted by atomic mass is 35.5. The second-order valence-electron chi connectivity index (χ2n) is 6.89. The van der Waals surface area contributed by atoms with Crippen molar-refractivity contribution in [3.8, 4) is 11.5 Å². The van der Waals surface area contributed by atoms with Gasteiger partial charge in [-0.1, -0.05) is 17.7 Å². The molecule has 148 valence electrons. The standard InChI is InChI=1S/C19H19ClN2O5S/c1-22(10-12-2-7-16-17(8-12)27-11-26-16)19(23)13-3-6-15(20)18(9-13)28(24,25)21-14-4-5-14/h2-3,6-9,14,21H,4-5,10-11H2,1H3. The quantitative estimate of drug-likeness (QED) is 0.773. The van der Waals surface area contributed by atoms with Gasteiger partial charge >= 0.3 is 0 Å². The Kier molecular flexibility index (Phi) is 4.95. The average Bonchev–Trinajstić information content (AvgIpc) is 3.33. The normalized spacial score (nSPS) is 15.5. The highest BCUT2D eigenvalue weighted by molar-refractivity contribution is 7.89. The van der Waals surface area contributed by atoms with Crippen molar-refractivity contribution in [3.05, 3.63) is 52.5 Å². The van der Waals surface area contributed by atoms with E-state index < -0.39 is 10.0 Å². The topological polar surface area (TPSA) is 84.9 Å². The molecule has 2 aromatic rings. The number of amides is 1. The lowest BCUT2D eigenvalue weighted by molar-refractivity contribution is 0.0784. The third-order valence-electron chi connectivity index (χ3n) is 4.57. The van der Waals surface area contributed by atoms with Crippen LogP contribution in [0.2, 0.25) is 5.02 Å². The average molecular weight is 423 g/mol. The van der Waals surface area contributed by atoms with Gasteiger partial charge in [0.05, 0.1) is 5.02 Å². The molecular weight excluding hydrogens is 404 g/mol. The molecule has 1 amide bonds. The number of fused-ring (bicyclic) bond motifs is 1. The molecule has 1 fully saturated rings. The fourth-order valence-electron chi connectivity index (χ4n) is 2.93. The van der Waals surface area contributed by atoms with Crippen LogP contribution in [0.1, 0.15) is 28.8 Å². The van der Waals surface area contributed by atoms with Crippen LogP contribution in [0.3, 0.4) is 0 Å². The van der Waals surface area contributed by atoms with E-state index in [9.17, 15) is 13.2 Å². The first-order valence-corrected chi connectivity index (χ1v) is 10.7. The summed E-state index contributed by atoms with van der Waals surface area (Å²) >= 11 is 6.08. The zero-order valence-electron chi connectivity index (χ0n) is 15.1. The Bertz CT molecular complexity index is 1040. The summed E-state index contributed by atoms with van der Waals surface area (Å²) in [6.45, 7) is 0.519. The minimum Gasteiger partial charge on any atom is -0.454 e. The van der Waals surface area contributed by atoms with Crippen molar-refractivity contribution < 1.29 is 22.7 Å². The molecule has 9 heteroatoms. The number of rotatable bonds is 6. The minimum absolute atomic E-state index is 0.0471. The molecule has 1 N–H and O–H groups in total. The molecule has 0 atom stereocenters. The molecule has 1 aliphatic heterocycles. The monoisotopic (exact) mass is 422 g/mol. The molecule has 0 bridgehead atoms. The van der Waals surface area contributed by atoms with Crippen molar-refractivity contribution in [1.82, 2.24) is 9.62 Å². The number of nitrogens with zero attached hydrogens (tertiary/aromatic N) is 1. The Morgan fingerprint density at radius 1 is 1.18 bits per heavy atom. The van der Waals surface area contributed by atoms with Gasteiger partial charge in [-0.2, -0.15) is 0 Å². The number of hydrogen-bond acceptors (Lipinski definition) is 5. The molecule has 1 aliphatic carbocycles. The SMILES string of the molecule is CN(Cc1ccc2c(c1)OCO2)C(=O)c1ccc(Cl)c(S(=O)(=O)NC2CC2)c1. The van der Waals surface area contributed by atoms with Crippen LogP contribution >= 0.6 is 11.6 Å². The molecule has 0 spiro atoms. The van der Waals surface area contributed by atoms with Crippen LogP contribution in [0, 0.1) is 0 Å². The summed E-state index contributed by atoms with van der Waals surface area (Å²) in [5.41, 5.74) is 1.13. The fourth-order valence-corrected chi connectivity index (χ4v) is 4.76. The van der Waals surface area contributed by atoms with Crippen molar-refractivity contribution in [2.24, 2.45) is 0 Å². The summed E-state index contributed by atoms with van der Waals surface area (Å²) < 4.78 is 38.2. The Morgan fingerprint density at radius 3 is 2.68 bits per heavy atom. The molecule has 4 rings (SSSR count). The molecule has 2 aliphatic rings. The van der Waals surface area contributed by atoms with Crippen molar-refractivity contribution in [1.29, 1.82) is 0 Å². The first-order chi connectivity index (χ1) is 13.3. The number of benzene rings is 2. The van der Waals surface area contributed by atoms with Crippen molar-refractivity contribution >= 4 is 27.5 Å². The van der Waals surface area contributed by atoms with Crippen LogP contribution in [0.5, 0.6) is 11.5 Å². The maximum absolute atomic E-state index is 12.8. The van der Waals surface area contributed by atoms with Crippen LogP contribution in [-0.2, 0) is 16.6 Å². The molecular formula is C19H19ClN2O5S. The maximum Gasteiger partial charge on any atom is 0.253 e. The lowest BCUT2D eigenvalue weighted by Gasteiger charge is -2.18. The number of halogens is 1. The van der Waals surface area contributed by atoms with Gasteiger partial charge < -0.3 is 14.4 Å². The molecule has 1 saturated carbocycles. The van der Waals surface area contributed by atoms with Crippen LogP contribution in [0.25, 0.3) is 0 Å². The summed E-state index contributed by atoms with van der Waals surface area (Å²) in [7, 11) is -2.11. The lowest BCUT2D eigenvalue weighted by Crippen LogP contribution is -2.28. The summed E-state index contributed by atoms with van der Waals surface area (Å²) in [5, 5.41) is 0.0862. The summed E-state index contributed by atoms with van der Waals surface area (Å²) in [5.74, 6) is 1.01. The van der Waals surface area contributed by atoms with E-state index in [1.165, 1.54) is 23.1 Å². The summed E-state index contributed by atoms with van der Waals surface area (Å²) in [6.07, 6.45) is 1.63. The van der Waals surface area contributed by atoms with E-state index >= 15 is 0 Å². The zero-order chi connectivity index (χ0) is 19.9. The first-order valence-electron chi connectivity index (χ1n) is 8.79. The number of sulfonamides is 1. The summed E-state index contributed by atoms with van der Waals surface area (Å²) in [6, 6.07) is 9.71. The van der Waals surface area contributed by atoms with Crippen LogP contribution in [0.4, 0.5) is 0 Å². The van der Waals surface area contributed by atoms with Crippen molar-refractivity contribution in [3.63, 3.8) is 0 Å². The highest BCUT2D eigenvalue weighted by Crippen LogP contribution is 2.33. The number of carbonyl (C=O) groups excluding carboxylic acids is 1. The second-order valence-corrected chi connectivity index (χ2v) is 8.98. The minimum atomic E-state index is -3.76. The molecule has 0 aromatic heterocycles. The number of carbonyl (C=O) groups is 1. The van der Waals surface area contributed by atoms with Crippen molar-refractivity contribution in [2.45, 2.75) is 30.3 Å². The maximum atomic E-state index is 12.8. The number of ether oxygens (including phenoxy) is 2. The highest BCUT2D eigenvalue weighted by Gasteiger charge is 2.30. The van der Waals surface area contributed by atoms with E-state index in [4.69, 9.17) is 21.1 Å². The predicted molar refractivity (Wildman–Crippen MR) is 103 cm³/mol. The molecule has 28 heavy (non-hydrogen) atoms. The van der Waals surface area contributed by atoms with Crippen LogP contribution in [0.15, 0.2) is 41.3 Å². The third-order valence-corrected chi connectivity index (χ3v) is 6.57. The van der Waals surface area contributed by atoms with Gasteiger partial charge in [-0.15, -0.1) is 0 Å². The number of hydrogen-bond donors (Lipinski definition) is 1. The van der Waals surface area contributed by atoms with Gasteiger partial charge in [0.15, 0.2) is 11.5 Å². The Morgan fingerprint density at radius 2 is 1.93 bits per heavy atom. The van der Waals surface area contributed by atoms with Gasteiger partial charge in [-0.3, -0.25) is 4.79 Å². The van der Waals surface area contributed by atoms with E-state index in [1.54, 1.807) is 13.1 Å². The van der Waals surface area contributed by atoms with Crippen LogP contribution < -0.4 is 14.2 Å². The largest absolute Gasteiger partial charge is 0.454 e. The molecule has 1 heterocycles. The Hall–Kier alpha value is -2.29. The third kappa shape index (κ3) is 3.94. The lowest BCUT2D eigenvalue weighted by atomic mass is 10.1. The van der Waals surface area contributed by atoms with E-state index in [0.29, 0.717) is 18.0 Å². The number of nitrogens with one attached hydrogen (secondary N) is 1. The zero-order valence-corrected chi connectivity index (χ0v) is 16.7. The Labute approximate surface area is 168 Å². The van der Waals surface area contributed by atoms with Gasteiger partial charge in [0, 0.05) is 25.2 Å². The molecule has 0 saturated heterocycles. The molecule has 2 aromatic carbocycles. The first kappa shape index (κ1) is 19.0. The second kappa shape index (κ2) is 7.27. The van der Waals surface area contributed by atoms with E-state index in [1.807, 2.05) is 12.1 Å². The smallest absolute Gasteiger partial charge is 0.253 e. The van der Waals surface area contributed by atoms with Gasteiger partial charge in [-0.25, -0.2) is 13.1 Å². The van der Waals surface area contributed by atoms with Gasteiger partial charge in [0.2, 0.25) is 16.8 Å². The molecule has 7 nitrogen and oxygen atoms in total. The van der Waals surface area contributed by atoms with E-state index in [-0.39, 0.29) is 34.2 Å². The van der Waals surface area contributed by atoms with E-state index in [2.05, 4.69) is 4.72 Å². The van der Waals surface area contributed by atoms with Gasteiger partial charge in [-0.05, 0) is 48.7 Å². The molecule has 0 unspecified atom stereocenters. The van der Waals surface area contributed by atoms with E-state index in [0.717, 1.165) is 18.4 Å². The summed E-state index contributed by atoms with van der Waals surface area (Å²) in [4.78, 5) is 14.2. The van der Waals surface area contributed by atoms with Gasteiger partial charge in [0.1, 0.15) is 4.90 Å². The van der Waals surface area contributed by atoms with Crippen LogP contribution in [-0.4, -0.2) is 39.1 Å². The molecule has 0 radical (unpaired) electrons. The predicted octanol–water partition coefficient (Wildman–Crippen LogP) is 2.78. The fraction of sp³-hybridized carbons (Fsp3) is 0.316.